The van der Waals surface area contributed by atoms with Crippen molar-refractivity contribution in [2.75, 3.05) is 31.1 Å². The molecule has 31 heavy (non-hydrogen) atoms. The van der Waals surface area contributed by atoms with Crippen molar-refractivity contribution in [3.8, 4) is 0 Å². The molecule has 5 rings (SSSR count). The van der Waals surface area contributed by atoms with Crippen molar-refractivity contribution in [2.45, 2.75) is 10.1 Å². The first-order chi connectivity index (χ1) is 15.3. The van der Waals surface area contributed by atoms with Gasteiger partial charge < -0.3 is 9.80 Å². The Bertz CT molecular complexity index is 1130. The van der Waals surface area contributed by atoms with Gasteiger partial charge in [-0.3, -0.25) is 4.79 Å². The van der Waals surface area contributed by atoms with Crippen LogP contribution in [0.5, 0.6) is 0 Å². The van der Waals surface area contributed by atoms with Gasteiger partial charge in [0, 0.05) is 43.2 Å². The van der Waals surface area contributed by atoms with Crippen molar-refractivity contribution in [3.05, 3.63) is 90.0 Å². The number of nitrogens with zero attached hydrogens (tertiary/aromatic N) is 3. The fourth-order valence-corrected chi connectivity index (χ4v) is 5.81. The molecule has 4 nitrogen and oxygen atoms in total. The van der Waals surface area contributed by atoms with Crippen LogP contribution < -0.4 is 4.90 Å². The maximum Gasteiger partial charge on any atom is 0.253 e. The topological polar surface area (TPSA) is 36.4 Å². The van der Waals surface area contributed by atoms with Gasteiger partial charge in [-0.25, -0.2) is 4.98 Å². The lowest BCUT2D eigenvalue weighted by Gasteiger charge is -2.36. The standard InChI is InChI=1S/C25H23N3OS2/c29-24(28-16-14-27(15-17-28)21-6-2-1-3-7-21)20-12-10-19(11-13-20)18-30-25-26-22-8-4-5-9-23(22)31-25/h1-13H,14-18H2. The summed E-state index contributed by atoms with van der Waals surface area (Å²) in [5.74, 6) is 0.974. The SMILES string of the molecule is O=C(c1ccc(CSc2nc3ccccc3s2)cc1)N1CCN(c2ccccc2)CC1. The van der Waals surface area contributed by atoms with E-state index in [2.05, 4.69) is 58.4 Å². The number of rotatable bonds is 5. The molecule has 4 aromatic rings. The highest BCUT2D eigenvalue weighted by Gasteiger charge is 2.22. The summed E-state index contributed by atoms with van der Waals surface area (Å²) in [6, 6.07) is 26.7. The molecule has 0 aliphatic carbocycles. The number of amides is 1. The van der Waals surface area contributed by atoms with E-state index in [1.165, 1.54) is 16.0 Å². The van der Waals surface area contributed by atoms with Gasteiger partial charge >= 0.3 is 0 Å². The first kappa shape index (κ1) is 20.1. The molecular formula is C25H23N3OS2. The second kappa shape index (κ2) is 9.12. The van der Waals surface area contributed by atoms with Gasteiger partial charge in [0.25, 0.3) is 5.91 Å². The van der Waals surface area contributed by atoms with Crippen LogP contribution >= 0.6 is 23.1 Å². The van der Waals surface area contributed by atoms with Crippen LogP contribution in [0.1, 0.15) is 15.9 Å². The van der Waals surface area contributed by atoms with Gasteiger partial charge in [0.2, 0.25) is 0 Å². The summed E-state index contributed by atoms with van der Waals surface area (Å²) in [4.78, 5) is 21.9. The largest absolute Gasteiger partial charge is 0.368 e. The molecule has 3 aromatic carbocycles. The molecule has 0 saturated carbocycles. The minimum Gasteiger partial charge on any atom is -0.368 e. The van der Waals surface area contributed by atoms with Gasteiger partial charge in [-0.2, -0.15) is 0 Å². The maximum absolute atomic E-state index is 12.9. The lowest BCUT2D eigenvalue weighted by molar-refractivity contribution is 0.0747. The van der Waals surface area contributed by atoms with Crippen LogP contribution in [0.15, 0.2) is 83.2 Å². The minimum absolute atomic E-state index is 0.123. The lowest BCUT2D eigenvalue weighted by Crippen LogP contribution is -2.48. The third-order valence-corrected chi connectivity index (χ3v) is 7.78. The molecule has 1 aliphatic heterocycles. The molecule has 1 saturated heterocycles. The quantitative estimate of drug-likeness (QED) is 0.377. The first-order valence-electron chi connectivity index (χ1n) is 10.4. The smallest absolute Gasteiger partial charge is 0.253 e. The highest BCUT2D eigenvalue weighted by Crippen LogP contribution is 2.31. The molecule has 1 amide bonds. The minimum atomic E-state index is 0.123. The van der Waals surface area contributed by atoms with Gasteiger partial charge in [-0.15, -0.1) is 11.3 Å². The molecule has 1 aliphatic rings. The highest BCUT2D eigenvalue weighted by atomic mass is 32.2. The monoisotopic (exact) mass is 445 g/mol. The Morgan fingerprint density at radius 3 is 2.32 bits per heavy atom. The predicted octanol–water partition coefficient (Wildman–Crippen LogP) is 5.55. The summed E-state index contributed by atoms with van der Waals surface area (Å²) in [6.45, 7) is 3.24. The first-order valence-corrected chi connectivity index (χ1v) is 12.2. The van der Waals surface area contributed by atoms with Crippen LogP contribution in [-0.4, -0.2) is 42.0 Å². The summed E-state index contributed by atoms with van der Waals surface area (Å²) in [7, 11) is 0. The van der Waals surface area contributed by atoms with E-state index < -0.39 is 0 Å². The van der Waals surface area contributed by atoms with Crippen molar-refractivity contribution < 1.29 is 4.79 Å². The number of hydrogen-bond donors (Lipinski definition) is 0. The number of para-hydroxylation sites is 2. The summed E-state index contributed by atoms with van der Waals surface area (Å²) in [5, 5.41) is 0. The molecule has 6 heteroatoms. The Morgan fingerprint density at radius 1 is 0.871 bits per heavy atom. The van der Waals surface area contributed by atoms with Gasteiger partial charge in [0.05, 0.1) is 10.2 Å². The summed E-state index contributed by atoms with van der Waals surface area (Å²) >= 11 is 3.48. The third-order valence-electron chi connectivity index (χ3n) is 5.53. The van der Waals surface area contributed by atoms with Crippen LogP contribution in [0.25, 0.3) is 10.2 Å². The fraction of sp³-hybridized carbons (Fsp3) is 0.200. The molecule has 0 bridgehead atoms. The van der Waals surface area contributed by atoms with Crippen LogP contribution in [0.2, 0.25) is 0 Å². The van der Waals surface area contributed by atoms with Gasteiger partial charge in [-0.1, -0.05) is 54.2 Å². The Hall–Kier alpha value is -2.83. The van der Waals surface area contributed by atoms with Crippen LogP contribution in [-0.2, 0) is 5.75 Å². The molecule has 1 fully saturated rings. The number of carbonyl (C=O) groups excluding carboxylic acids is 1. The zero-order valence-corrected chi connectivity index (χ0v) is 18.7. The Balaban J connectivity index is 1.16. The Labute approximate surface area is 190 Å². The van der Waals surface area contributed by atoms with Gasteiger partial charge in [0.15, 0.2) is 4.34 Å². The highest BCUT2D eigenvalue weighted by molar-refractivity contribution is 8.00. The zero-order chi connectivity index (χ0) is 21.0. The van der Waals surface area contributed by atoms with Crippen molar-refractivity contribution in [1.29, 1.82) is 0 Å². The van der Waals surface area contributed by atoms with E-state index in [9.17, 15) is 4.79 Å². The average Bonchev–Trinajstić information content (AvgIpc) is 3.26. The number of thiazole rings is 1. The Morgan fingerprint density at radius 2 is 1.58 bits per heavy atom. The van der Waals surface area contributed by atoms with Crippen molar-refractivity contribution >= 4 is 44.9 Å². The van der Waals surface area contributed by atoms with Crippen molar-refractivity contribution in [1.82, 2.24) is 9.88 Å². The van der Waals surface area contributed by atoms with E-state index in [-0.39, 0.29) is 5.91 Å². The number of piperazine rings is 1. The molecule has 1 aromatic heterocycles. The molecule has 2 heterocycles. The average molecular weight is 446 g/mol. The van der Waals surface area contributed by atoms with Gasteiger partial charge in [-0.05, 0) is 42.0 Å². The summed E-state index contributed by atoms with van der Waals surface area (Å²) in [6.07, 6.45) is 0. The fourth-order valence-electron chi connectivity index (χ4n) is 3.79. The number of carbonyl (C=O) groups is 1. The van der Waals surface area contributed by atoms with Gasteiger partial charge in [0.1, 0.15) is 0 Å². The maximum atomic E-state index is 12.9. The van der Waals surface area contributed by atoms with Crippen LogP contribution in [0, 0.1) is 0 Å². The second-order valence-corrected chi connectivity index (χ2v) is 9.80. The molecule has 0 atom stereocenters. The number of hydrogen-bond acceptors (Lipinski definition) is 5. The number of anilines is 1. The number of aromatic nitrogens is 1. The number of benzene rings is 3. The zero-order valence-electron chi connectivity index (χ0n) is 17.1. The lowest BCUT2D eigenvalue weighted by atomic mass is 10.1. The third kappa shape index (κ3) is 4.60. The number of fused-ring (bicyclic) bond motifs is 1. The predicted molar refractivity (Wildman–Crippen MR) is 130 cm³/mol. The Kier molecular flexibility index (Phi) is 5.91. The van der Waals surface area contributed by atoms with E-state index in [0.29, 0.717) is 0 Å². The van der Waals surface area contributed by atoms with Crippen LogP contribution in [0.3, 0.4) is 0 Å². The summed E-state index contributed by atoms with van der Waals surface area (Å²) in [5.41, 5.74) is 4.25. The van der Waals surface area contributed by atoms with E-state index in [1.54, 1.807) is 23.1 Å². The van der Waals surface area contributed by atoms with Crippen LogP contribution in [0.4, 0.5) is 5.69 Å². The molecule has 0 N–H and O–H groups in total. The van der Waals surface area contributed by atoms with Crippen molar-refractivity contribution in [2.24, 2.45) is 0 Å². The summed E-state index contributed by atoms with van der Waals surface area (Å²) < 4.78 is 2.30. The molecular weight excluding hydrogens is 422 g/mol. The molecule has 0 unspecified atom stereocenters. The van der Waals surface area contributed by atoms with E-state index in [4.69, 9.17) is 0 Å². The number of thioether (sulfide) groups is 1. The second-order valence-electron chi connectivity index (χ2n) is 7.55. The van der Waals surface area contributed by atoms with E-state index in [1.807, 2.05) is 35.2 Å². The molecule has 0 spiro atoms. The normalized spacial score (nSPS) is 14.2. The van der Waals surface area contributed by atoms with E-state index >= 15 is 0 Å². The molecule has 156 valence electrons. The molecule has 0 radical (unpaired) electrons. The van der Waals surface area contributed by atoms with E-state index in [0.717, 1.165) is 47.4 Å². The van der Waals surface area contributed by atoms with Crippen molar-refractivity contribution in [3.63, 3.8) is 0 Å².